The molecule has 2 rings (SSSR count). The Morgan fingerprint density at radius 1 is 1.54 bits per heavy atom. The van der Waals surface area contributed by atoms with Crippen molar-refractivity contribution in [2.45, 2.75) is 31.6 Å². The summed E-state index contributed by atoms with van der Waals surface area (Å²) < 4.78 is 0. The van der Waals surface area contributed by atoms with Gasteiger partial charge in [0.15, 0.2) is 0 Å². The molecule has 0 aliphatic heterocycles. The molecule has 2 N–H and O–H groups in total. The topological polar surface area (TPSA) is 51.8 Å². The van der Waals surface area contributed by atoms with Crippen molar-refractivity contribution in [3.05, 3.63) is 23.8 Å². The Morgan fingerprint density at radius 3 is 2.85 bits per heavy atom. The van der Waals surface area contributed by atoms with Gasteiger partial charge in [-0.05, 0) is 25.3 Å². The zero-order valence-electron chi connectivity index (χ0n) is 7.95. The summed E-state index contributed by atoms with van der Waals surface area (Å²) in [4.78, 5) is 8.81. The van der Waals surface area contributed by atoms with E-state index in [1.807, 2.05) is 12.3 Å². The first-order chi connectivity index (χ1) is 6.30. The average Bonchev–Trinajstić information content (AvgIpc) is 2.99. The molecule has 0 atom stereocenters. The van der Waals surface area contributed by atoms with Crippen molar-refractivity contribution < 1.29 is 0 Å². The zero-order valence-corrected chi connectivity index (χ0v) is 7.95. The molecule has 70 valence electrons. The number of rotatable bonds is 3. The Balaban J connectivity index is 2.30. The smallest absolute Gasteiger partial charge is 0.135 e. The molecule has 0 saturated heterocycles. The van der Waals surface area contributed by atoms with E-state index in [-0.39, 0.29) is 5.41 Å². The van der Waals surface area contributed by atoms with Crippen molar-refractivity contribution in [1.29, 1.82) is 0 Å². The maximum atomic E-state index is 5.71. The number of aromatic nitrogens is 2. The fourth-order valence-electron chi connectivity index (χ4n) is 1.52. The Hall–Kier alpha value is -0.960. The maximum Gasteiger partial charge on any atom is 0.135 e. The molecule has 0 radical (unpaired) electrons. The van der Waals surface area contributed by atoms with Crippen LogP contribution in [-0.2, 0) is 11.8 Å². The number of nitrogens with two attached hydrogens (primary N) is 1. The number of nitrogens with zero attached hydrogens (tertiary/aromatic N) is 2. The van der Waals surface area contributed by atoms with Crippen LogP contribution in [0.15, 0.2) is 12.3 Å². The molecule has 1 fully saturated rings. The van der Waals surface area contributed by atoms with E-state index < -0.39 is 0 Å². The molecule has 0 bridgehead atoms. The predicted octanol–water partition coefficient (Wildman–Crippen LogP) is 1.03. The zero-order chi connectivity index (χ0) is 9.31. The van der Waals surface area contributed by atoms with Crippen molar-refractivity contribution in [1.82, 2.24) is 9.97 Å². The third kappa shape index (κ3) is 1.44. The summed E-state index contributed by atoms with van der Waals surface area (Å²) in [6.07, 6.45) is 5.11. The van der Waals surface area contributed by atoms with E-state index in [1.54, 1.807) is 0 Å². The van der Waals surface area contributed by atoms with Gasteiger partial charge in [-0.1, -0.05) is 6.92 Å². The Labute approximate surface area is 78.4 Å². The summed E-state index contributed by atoms with van der Waals surface area (Å²) in [5.74, 6) is 0.953. The lowest BCUT2D eigenvalue weighted by molar-refractivity contribution is 0.642. The van der Waals surface area contributed by atoms with Gasteiger partial charge < -0.3 is 5.73 Å². The van der Waals surface area contributed by atoms with Crippen LogP contribution in [0.4, 0.5) is 0 Å². The number of hydrogen-bond donors (Lipinski definition) is 1. The lowest BCUT2D eigenvalue weighted by Crippen LogP contribution is -2.22. The van der Waals surface area contributed by atoms with Crippen molar-refractivity contribution in [2.24, 2.45) is 5.73 Å². The second-order valence-corrected chi connectivity index (χ2v) is 3.71. The van der Waals surface area contributed by atoms with Gasteiger partial charge >= 0.3 is 0 Å². The van der Waals surface area contributed by atoms with Crippen molar-refractivity contribution >= 4 is 0 Å². The minimum absolute atomic E-state index is 0.130. The standard InChI is InChI=1S/C10H15N3/c1-2-8-3-6-12-9(13-8)10(7-11)4-5-10/h3,6H,2,4-5,7,11H2,1H3. The van der Waals surface area contributed by atoms with E-state index in [0.717, 1.165) is 30.8 Å². The first kappa shape index (κ1) is 8.63. The van der Waals surface area contributed by atoms with Gasteiger partial charge in [-0.15, -0.1) is 0 Å². The van der Waals surface area contributed by atoms with Crippen LogP contribution in [0.3, 0.4) is 0 Å². The van der Waals surface area contributed by atoms with Crippen LogP contribution in [-0.4, -0.2) is 16.5 Å². The second kappa shape index (κ2) is 3.07. The summed E-state index contributed by atoms with van der Waals surface area (Å²) in [5.41, 5.74) is 6.96. The Morgan fingerprint density at radius 2 is 2.31 bits per heavy atom. The summed E-state index contributed by atoms with van der Waals surface area (Å²) >= 11 is 0. The Bertz CT molecular complexity index is 305. The highest BCUT2D eigenvalue weighted by molar-refractivity contribution is 5.20. The fourth-order valence-corrected chi connectivity index (χ4v) is 1.52. The molecule has 0 unspecified atom stereocenters. The number of aryl methyl sites for hydroxylation is 1. The van der Waals surface area contributed by atoms with Gasteiger partial charge in [0.25, 0.3) is 0 Å². The van der Waals surface area contributed by atoms with Gasteiger partial charge in [-0.2, -0.15) is 0 Å². The van der Waals surface area contributed by atoms with E-state index in [0.29, 0.717) is 6.54 Å². The molecular weight excluding hydrogens is 162 g/mol. The quantitative estimate of drug-likeness (QED) is 0.750. The van der Waals surface area contributed by atoms with Gasteiger partial charge in [0, 0.05) is 23.9 Å². The van der Waals surface area contributed by atoms with Gasteiger partial charge in [0.1, 0.15) is 5.82 Å². The van der Waals surface area contributed by atoms with E-state index in [2.05, 4.69) is 16.9 Å². The highest BCUT2D eigenvalue weighted by Gasteiger charge is 2.45. The first-order valence-corrected chi connectivity index (χ1v) is 4.83. The molecule has 1 aromatic heterocycles. The van der Waals surface area contributed by atoms with Gasteiger partial charge in [-0.25, -0.2) is 9.97 Å². The molecule has 1 aliphatic carbocycles. The van der Waals surface area contributed by atoms with E-state index in [4.69, 9.17) is 5.73 Å². The van der Waals surface area contributed by atoms with Crippen LogP contribution < -0.4 is 5.73 Å². The van der Waals surface area contributed by atoms with Crippen molar-refractivity contribution in [3.63, 3.8) is 0 Å². The molecular formula is C10H15N3. The predicted molar refractivity (Wildman–Crippen MR) is 51.4 cm³/mol. The SMILES string of the molecule is CCc1ccnc(C2(CN)CC2)n1. The largest absolute Gasteiger partial charge is 0.329 e. The highest BCUT2D eigenvalue weighted by Crippen LogP contribution is 2.45. The lowest BCUT2D eigenvalue weighted by atomic mass is 10.1. The van der Waals surface area contributed by atoms with Gasteiger partial charge in [-0.3, -0.25) is 0 Å². The normalized spacial score (nSPS) is 18.6. The maximum absolute atomic E-state index is 5.71. The van der Waals surface area contributed by atoms with Crippen LogP contribution in [0, 0.1) is 0 Å². The average molecular weight is 177 g/mol. The van der Waals surface area contributed by atoms with Crippen molar-refractivity contribution in [3.8, 4) is 0 Å². The molecule has 3 heteroatoms. The summed E-state index contributed by atoms with van der Waals surface area (Å²) in [6.45, 7) is 2.79. The van der Waals surface area contributed by atoms with Gasteiger partial charge in [0.2, 0.25) is 0 Å². The molecule has 0 amide bonds. The van der Waals surface area contributed by atoms with E-state index in [9.17, 15) is 0 Å². The summed E-state index contributed by atoms with van der Waals surface area (Å²) in [5, 5.41) is 0. The molecule has 0 spiro atoms. The van der Waals surface area contributed by atoms with Crippen LogP contribution in [0.25, 0.3) is 0 Å². The minimum Gasteiger partial charge on any atom is -0.329 e. The molecule has 3 nitrogen and oxygen atoms in total. The highest BCUT2D eigenvalue weighted by atomic mass is 14.9. The number of hydrogen-bond acceptors (Lipinski definition) is 3. The van der Waals surface area contributed by atoms with Gasteiger partial charge in [0.05, 0.1) is 0 Å². The molecule has 13 heavy (non-hydrogen) atoms. The monoisotopic (exact) mass is 177 g/mol. The molecule has 1 aromatic rings. The molecule has 1 saturated carbocycles. The van der Waals surface area contributed by atoms with Crippen LogP contribution in [0.5, 0.6) is 0 Å². The molecule has 0 aromatic carbocycles. The third-order valence-corrected chi connectivity index (χ3v) is 2.79. The van der Waals surface area contributed by atoms with Crippen LogP contribution >= 0.6 is 0 Å². The Kier molecular flexibility index (Phi) is 2.04. The third-order valence-electron chi connectivity index (χ3n) is 2.79. The minimum atomic E-state index is 0.130. The van der Waals surface area contributed by atoms with Crippen molar-refractivity contribution in [2.75, 3.05) is 6.54 Å². The second-order valence-electron chi connectivity index (χ2n) is 3.71. The lowest BCUT2D eigenvalue weighted by Gasteiger charge is -2.10. The van der Waals surface area contributed by atoms with Crippen LogP contribution in [0.1, 0.15) is 31.3 Å². The fraction of sp³-hybridized carbons (Fsp3) is 0.600. The summed E-state index contributed by atoms with van der Waals surface area (Å²) in [6, 6.07) is 1.97. The van der Waals surface area contributed by atoms with E-state index >= 15 is 0 Å². The molecule has 1 aliphatic rings. The first-order valence-electron chi connectivity index (χ1n) is 4.83. The molecule has 1 heterocycles. The summed E-state index contributed by atoms with van der Waals surface area (Å²) in [7, 11) is 0. The van der Waals surface area contributed by atoms with E-state index in [1.165, 1.54) is 0 Å². The van der Waals surface area contributed by atoms with Crippen LogP contribution in [0.2, 0.25) is 0 Å².